The molecule has 21 heavy (non-hydrogen) atoms. The Morgan fingerprint density at radius 1 is 1.19 bits per heavy atom. The van der Waals surface area contributed by atoms with E-state index in [1.807, 2.05) is 6.92 Å². The molecule has 0 spiro atoms. The van der Waals surface area contributed by atoms with Gasteiger partial charge in [0.2, 0.25) is 5.91 Å². The molecule has 1 aromatic carbocycles. The Morgan fingerprint density at radius 2 is 1.90 bits per heavy atom. The average Bonchev–Trinajstić information content (AvgIpc) is 2.44. The van der Waals surface area contributed by atoms with Gasteiger partial charge in [0.15, 0.2) is 0 Å². The van der Waals surface area contributed by atoms with Crippen LogP contribution in [0.25, 0.3) is 0 Å². The van der Waals surface area contributed by atoms with Gasteiger partial charge in [-0.3, -0.25) is 4.79 Å². The van der Waals surface area contributed by atoms with Crippen molar-refractivity contribution < 1.29 is 24.2 Å². The number of carbonyl (C=O) groups excluding carboxylic acids is 1. The molecule has 0 aliphatic rings. The van der Waals surface area contributed by atoms with Crippen molar-refractivity contribution in [3.63, 3.8) is 0 Å². The van der Waals surface area contributed by atoms with Gasteiger partial charge in [0.25, 0.3) is 0 Å². The number of nitrogens with zero attached hydrogens (tertiary/aromatic N) is 1. The predicted octanol–water partition coefficient (Wildman–Crippen LogP) is 2.03. The third-order valence-corrected chi connectivity index (χ3v) is 2.73. The van der Waals surface area contributed by atoms with Gasteiger partial charge >= 0.3 is 5.97 Å². The molecule has 0 atom stereocenters. The molecular weight excluding hydrogens is 274 g/mol. The molecule has 0 saturated heterocycles. The number of ether oxygens (including phenoxy) is 2. The van der Waals surface area contributed by atoms with Crippen molar-refractivity contribution in [2.24, 2.45) is 0 Å². The van der Waals surface area contributed by atoms with Gasteiger partial charge in [-0.05, 0) is 18.6 Å². The van der Waals surface area contributed by atoms with Crippen LogP contribution < -0.4 is 9.47 Å². The minimum absolute atomic E-state index is 0.0520. The van der Waals surface area contributed by atoms with Crippen LogP contribution in [0.15, 0.2) is 18.2 Å². The fraction of sp³-hybridized carbons (Fsp3) is 0.467. The summed E-state index contributed by atoms with van der Waals surface area (Å²) in [6, 6.07) is 4.58. The van der Waals surface area contributed by atoms with Gasteiger partial charge in [0.1, 0.15) is 17.1 Å². The van der Waals surface area contributed by atoms with E-state index >= 15 is 0 Å². The number of carbonyl (C=O) groups is 2. The number of hydrogen-bond acceptors (Lipinski definition) is 4. The van der Waals surface area contributed by atoms with Crippen LogP contribution in [0.2, 0.25) is 0 Å². The Morgan fingerprint density at radius 3 is 2.48 bits per heavy atom. The van der Waals surface area contributed by atoms with Crippen molar-refractivity contribution in [1.82, 2.24) is 4.90 Å². The van der Waals surface area contributed by atoms with Gasteiger partial charge in [-0.15, -0.1) is 0 Å². The van der Waals surface area contributed by atoms with E-state index in [0.29, 0.717) is 12.4 Å². The minimum atomic E-state index is -1.08. The SMILES string of the molecule is CCCOc1ccc(C(=O)O)c(OCCC(=O)N(C)C)c1. The van der Waals surface area contributed by atoms with E-state index in [-0.39, 0.29) is 30.2 Å². The summed E-state index contributed by atoms with van der Waals surface area (Å²) >= 11 is 0. The molecule has 0 saturated carbocycles. The molecule has 1 N–H and O–H groups in total. The molecule has 6 heteroatoms. The smallest absolute Gasteiger partial charge is 0.339 e. The van der Waals surface area contributed by atoms with Gasteiger partial charge in [-0.2, -0.15) is 0 Å². The number of aromatic carboxylic acids is 1. The van der Waals surface area contributed by atoms with Crippen LogP contribution in [0.5, 0.6) is 11.5 Å². The lowest BCUT2D eigenvalue weighted by Gasteiger charge is -2.13. The van der Waals surface area contributed by atoms with E-state index in [9.17, 15) is 9.59 Å². The lowest BCUT2D eigenvalue weighted by atomic mass is 10.2. The van der Waals surface area contributed by atoms with Gasteiger partial charge < -0.3 is 19.5 Å². The van der Waals surface area contributed by atoms with Crippen LogP contribution in [0.4, 0.5) is 0 Å². The van der Waals surface area contributed by atoms with Gasteiger partial charge in [0.05, 0.1) is 19.6 Å². The van der Waals surface area contributed by atoms with E-state index in [1.54, 1.807) is 26.2 Å². The second-order valence-electron chi connectivity index (χ2n) is 4.70. The number of amides is 1. The molecule has 0 aliphatic carbocycles. The minimum Gasteiger partial charge on any atom is -0.493 e. The second kappa shape index (κ2) is 8.14. The molecule has 116 valence electrons. The highest BCUT2D eigenvalue weighted by atomic mass is 16.5. The van der Waals surface area contributed by atoms with E-state index in [2.05, 4.69) is 0 Å². The van der Waals surface area contributed by atoms with Crippen molar-refractivity contribution in [2.75, 3.05) is 27.3 Å². The van der Waals surface area contributed by atoms with Crippen LogP contribution in [0.1, 0.15) is 30.1 Å². The summed E-state index contributed by atoms with van der Waals surface area (Å²) in [5.41, 5.74) is 0.0520. The first-order valence-corrected chi connectivity index (χ1v) is 6.78. The molecule has 0 radical (unpaired) electrons. The Hall–Kier alpha value is -2.24. The van der Waals surface area contributed by atoms with E-state index in [0.717, 1.165) is 6.42 Å². The molecule has 0 unspecified atom stereocenters. The Bertz CT molecular complexity index is 499. The predicted molar refractivity (Wildman–Crippen MR) is 78.0 cm³/mol. The molecule has 0 bridgehead atoms. The third-order valence-electron chi connectivity index (χ3n) is 2.73. The summed E-state index contributed by atoms with van der Waals surface area (Å²) in [6.45, 7) is 2.65. The van der Waals surface area contributed by atoms with Crippen LogP contribution in [0, 0.1) is 0 Å². The molecule has 6 nitrogen and oxygen atoms in total. The van der Waals surface area contributed by atoms with Gasteiger partial charge in [-0.25, -0.2) is 4.79 Å². The van der Waals surface area contributed by atoms with Crippen molar-refractivity contribution in [3.8, 4) is 11.5 Å². The lowest BCUT2D eigenvalue weighted by Crippen LogP contribution is -2.23. The highest BCUT2D eigenvalue weighted by molar-refractivity contribution is 5.91. The summed E-state index contributed by atoms with van der Waals surface area (Å²) in [4.78, 5) is 24.1. The fourth-order valence-electron chi connectivity index (χ4n) is 1.58. The topological polar surface area (TPSA) is 76.1 Å². The standard InChI is InChI=1S/C15H21NO5/c1-4-8-20-11-5-6-12(15(18)19)13(10-11)21-9-7-14(17)16(2)3/h5-6,10H,4,7-9H2,1-3H3,(H,18,19). The molecule has 1 amide bonds. The zero-order valence-corrected chi connectivity index (χ0v) is 12.6. The highest BCUT2D eigenvalue weighted by Gasteiger charge is 2.13. The monoisotopic (exact) mass is 295 g/mol. The molecular formula is C15H21NO5. The van der Waals surface area contributed by atoms with Crippen molar-refractivity contribution >= 4 is 11.9 Å². The maximum absolute atomic E-state index is 11.5. The Kier molecular flexibility index (Phi) is 6.52. The highest BCUT2D eigenvalue weighted by Crippen LogP contribution is 2.25. The largest absolute Gasteiger partial charge is 0.493 e. The quantitative estimate of drug-likeness (QED) is 0.794. The first-order chi connectivity index (χ1) is 9.95. The Labute approximate surface area is 124 Å². The summed E-state index contributed by atoms with van der Waals surface area (Å²) in [5, 5.41) is 9.13. The van der Waals surface area contributed by atoms with E-state index < -0.39 is 5.97 Å². The fourth-order valence-corrected chi connectivity index (χ4v) is 1.58. The van der Waals surface area contributed by atoms with E-state index in [1.165, 1.54) is 11.0 Å². The van der Waals surface area contributed by atoms with Gasteiger partial charge in [-0.1, -0.05) is 6.92 Å². The first kappa shape index (κ1) is 16.8. The maximum atomic E-state index is 11.5. The second-order valence-corrected chi connectivity index (χ2v) is 4.70. The third kappa shape index (κ3) is 5.33. The van der Waals surface area contributed by atoms with E-state index in [4.69, 9.17) is 14.6 Å². The molecule has 0 heterocycles. The zero-order chi connectivity index (χ0) is 15.8. The lowest BCUT2D eigenvalue weighted by molar-refractivity contribution is -0.129. The van der Waals surface area contributed by atoms with Crippen LogP contribution >= 0.6 is 0 Å². The summed E-state index contributed by atoms with van der Waals surface area (Å²) < 4.78 is 10.9. The van der Waals surface area contributed by atoms with Crippen molar-refractivity contribution in [1.29, 1.82) is 0 Å². The van der Waals surface area contributed by atoms with Crippen LogP contribution in [-0.4, -0.2) is 49.2 Å². The van der Waals surface area contributed by atoms with Crippen molar-refractivity contribution in [3.05, 3.63) is 23.8 Å². The summed E-state index contributed by atoms with van der Waals surface area (Å²) in [6.07, 6.45) is 1.04. The molecule has 1 aromatic rings. The number of carboxylic acid groups (broad SMARTS) is 1. The number of benzene rings is 1. The maximum Gasteiger partial charge on any atom is 0.339 e. The number of rotatable bonds is 8. The average molecular weight is 295 g/mol. The summed E-state index contributed by atoms with van der Waals surface area (Å²) in [5.74, 6) is -0.394. The number of hydrogen-bond donors (Lipinski definition) is 1. The van der Waals surface area contributed by atoms with Crippen LogP contribution in [0.3, 0.4) is 0 Å². The Balaban J connectivity index is 2.76. The first-order valence-electron chi connectivity index (χ1n) is 6.78. The normalized spacial score (nSPS) is 10.0. The molecule has 0 aromatic heterocycles. The molecule has 1 rings (SSSR count). The van der Waals surface area contributed by atoms with Crippen molar-refractivity contribution in [2.45, 2.75) is 19.8 Å². The zero-order valence-electron chi connectivity index (χ0n) is 12.6. The summed E-state index contributed by atoms with van der Waals surface area (Å²) in [7, 11) is 3.31. The number of carboxylic acids is 1. The van der Waals surface area contributed by atoms with Crippen LogP contribution in [-0.2, 0) is 4.79 Å². The van der Waals surface area contributed by atoms with Gasteiger partial charge in [0, 0.05) is 20.2 Å². The molecule has 0 aliphatic heterocycles. The molecule has 0 fully saturated rings.